The Labute approximate surface area is 95.7 Å². The highest BCUT2D eigenvalue weighted by Crippen LogP contribution is 2.47. The van der Waals surface area contributed by atoms with E-state index in [-0.39, 0.29) is 5.60 Å². The molecule has 0 heterocycles. The monoisotopic (exact) mass is 224 g/mol. The standard InChI is InChI=1S/C13H24OSi/c1-6-10-13(11-7-2,12-8-9-12)14-15(3,4)5/h1,12H,7-11H2,2-5H3. The van der Waals surface area contributed by atoms with Crippen molar-refractivity contribution in [2.45, 2.75) is 64.3 Å². The van der Waals surface area contributed by atoms with Crippen molar-refractivity contribution in [2.24, 2.45) is 5.92 Å². The van der Waals surface area contributed by atoms with Crippen LogP contribution in [0.4, 0.5) is 0 Å². The molecule has 0 aromatic carbocycles. The predicted octanol–water partition coefficient (Wildman–Crippen LogP) is 3.81. The summed E-state index contributed by atoms with van der Waals surface area (Å²) in [5.74, 6) is 3.57. The molecule has 1 atom stereocenters. The average Bonchev–Trinajstić information content (AvgIpc) is 2.83. The highest BCUT2D eigenvalue weighted by atomic mass is 28.4. The fraction of sp³-hybridized carbons (Fsp3) is 0.846. The Balaban J connectivity index is 2.77. The minimum Gasteiger partial charge on any atom is -0.411 e. The third-order valence-corrected chi connectivity index (χ3v) is 3.92. The molecule has 1 saturated carbocycles. The molecule has 1 rings (SSSR count). The number of terminal acetylenes is 1. The van der Waals surface area contributed by atoms with E-state index in [1.54, 1.807) is 0 Å². The van der Waals surface area contributed by atoms with Gasteiger partial charge in [-0.25, -0.2) is 0 Å². The molecular formula is C13H24OSi. The van der Waals surface area contributed by atoms with E-state index in [1.807, 2.05) is 0 Å². The van der Waals surface area contributed by atoms with Gasteiger partial charge in [-0.3, -0.25) is 0 Å². The van der Waals surface area contributed by atoms with Gasteiger partial charge in [-0.15, -0.1) is 12.3 Å². The second kappa shape index (κ2) is 4.72. The van der Waals surface area contributed by atoms with E-state index < -0.39 is 8.32 Å². The van der Waals surface area contributed by atoms with Crippen LogP contribution < -0.4 is 0 Å². The molecule has 1 aliphatic rings. The summed E-state index contributed by atoms with van der Waals surface area (Å²) in [5, 5.41) is 0. The quantitative estimate of drug-likeness (QED) is 0.492. The Morgan fingerprint density at radius 1 is 1.40 bits per heavy atom. The third-order valence-electron chi connectivity index (χ3n) is 2.91. The van der Waals surface area contributed by atoms with Crippen LogP contribution in [0.3, 0.4) is 0 Å². The maximum absolute atomic E-state index is 6.43. The minimum atomic E-state index is -1.49. The van der Waals surface area contributed by atoms with E-state index in [9.17, 15) is 0 Å². The Morgan fingerprint density at radius 2 is 2.00 bits per heavy atom. The van der Waals surface area contributed by atoms with Crippen molar-refractivity contribution in [1.29, 1.82) is 0 Å². The summed E-state index contributed by atoms with van der Waals surface area (Å²) in [7, 11) is -1.49. The second-order valence-corrected chi connectivity index (χ2v) is 10.1. The first-order chi connectivity index (χ1) is 6.93. The molecule has 0 saturated heterocycles. The zero-order valence-electron chi connectivity index (χ0n) is 10.6. The highest BCUT2D eigenvalue weighted by molar-refractivity contribution is 6.69. The second-order valence-electron chi connectivity index (χ2n) is 5.68. The molecule has 1 unspecified atom stereocenters. The molecule has 0 aromatic heterocycles. The summed E-state index contributed by atoms with van der Waals surface area (Å²) in [4.78, 5) is 0. The van der Waals surface area contributed by atoms with Gasteiger partial charge in [-0.2, -0.15) is 0 Å². The SMILES string of the molecule is C#CCC(CCC)(O[Si](C)(C)C)C1CC1. The summed E-state index contributed by atoms with van der Waals surface area (Å²) >= 11 is 0. The van der Waals surface area contributed by atoms with Gasteiger partial charge in [-0.05, 0) is 44.8 Å². The van der Waals surface area contributed by atoms with Crippen LogP contribution in [0.5, 0.6) is 0 Å². The summed E-state index contributed by atoms with van der Waals surface area (Å²) in [6.45, 7) is 9.00. The van der Waals surface area contributed by atoms with Crippen LogP contribution in [0.1, 0.15) is 39.0 Å². The van der Waals surface area contributed by atoms with Gasteiger partial charge >= 0.3 is 0 Å². The first-order valence-corrected chi connectivity index (χ1v) is 9.48. The van der Waals surface area contributed by atoms with Gasteiger partial charge in [0.1, 0.15) is 0 Å². The Kier molecular flexibility index (Phi) is 4.03. The average molecular weight is 224 g/mol. The molecule has 0 radical (unpaired) electrons. The zero-order chi connectivity index (χ0) is 11.5. The first-order valence-electron chi connectivity index (χ1n) is 6.07. The van der Waals surface area contributed by atoms with E-state index in [0.717, 1.165) is 18.8 Å². The molecule has 0 amide bonds. The van der Waals surface area contributed by atoms with Gasteiger partial charge in [0, 0.05) is 6.42 Å². The van der Waals surface area contributed by atoms with E-state index in [2.05, 4.69) is 32.5 Å². The van der Waals surface area contributed by atoms with Gasteiger partial charge in [0.2, 0.25) is 0 Å². The Bertz CT molecular complexity index is 244. The van der Waals surface area contributed by atoms with Crippen LogP contribution >= 0.6 is 0 Å². The molecule has 1 aliphatic carbocycles. The molecule has 86 valence electrons. The summed E-state index contributed by atoms with van der Waals surface area (Å²) in [6.07, 6.45) is 11.2. The third kappa shape index (κ3) is 3.66. The van der Waals surface area contributed by atoms with E-state index in [4.69, 9.17) is 10.8 Å². The van der Waals surface area contributed by atoms with Crippen LogP contribution in [0.2, 0.25) is 19.6 Å². The lowest BCUT2D eigenvalue weighted by Gasteiger charge is -2.38. The van der Waals surface area contributed by atoms with E-state index in [1.165, 1.54) is 19.3 Å². The molecule has 15 heavy (non-hydrogen) atoms. The maximum Gasteiger partial charge on any atom is 0.184 e. The van der Waals surface area contributed by atoms with Crippen LogP contribution in [-0.4, -0.2) is 13.9 Å². The van der Waals surface area contributed by atoms with Crippen molar-refractivity contribution in [1.82, 2.24) is 0 Å². The Morgan fingerprint density at radius 3 is 2.33 bits per heavy atom. The number of rotatable bonds is 6. The molecule has 1 fully saturated rings. The lowest BCUT2D eigenvalue weighted by Crippen LogP contribution is -2.44. The van der Waals surface area contributed by atoms with Crippen LogP contribution in [0.25, 0.3) is 0 Å². The molecule has 0 bridgehead atoms. The van der Waals surface area contributed by atoms with Crippen molar-refractivity contribution in [3.63, 3.8) is 0 Å². The molecule has 0 N–H and O–H groups in total. The maximum atomic E-state index is 6.43. The molecule has 1 nitrogen and oxygen atoms in total. The summed E-state index contributed by atoms with van der Waals surface area (Å²) in [6, 6.07) is 0. The van der Waals surface area contributed by atoms with Crippen molar-refractivity contribution in [3.05, 3.63) is 0 Å². The predicted molar refractivity (Wildman–Crippen MR) is 68.2 cm³/mol. The van der Waals surface area contributed by atoms with Crippen LogP contribution in [0, 0.1) is 18.3 Å². The zero-order valence-corrected chi connectivity index (χ0v) is 11.6. The largest absolute Gasteiger partial charge is 0.411 e. The molecule has 2 heteroatoms. The smallest absolute Gasteiger partial charge is 0.184 e. The first kappa shape index (κ1) is 12.8. The van der Waals surface area contributed by atoms with Crippen molar-refractivity contribution < 1.29 is 4.43 Å². The highest BCUT2D eigenvalue weighted by Gasteiger charge is 2.46. The van der Waals surface area contributed by atoms with Crippen LogP contribution in [0.15, 0.2) is 0 Å². The molecule has 0 aliphatic heterocycles. The summed E-state index contributed by atoms with van der Waals surface area (Å²) < 4.78 is 6.43. The van der Waals surface area contributed by atoms with Crippen molar-refractivity contribution in [2.75, 3.05) is 0 Å². The van der Waals surface area contributed by atoms with Crippen LogP contribution in [-0.2, 0) is 4.43 Å². The molecule has 0 aromatic rings. The lowest BCUT2D eigenvalue weighted by atomic mass is 9.89. The normalized spacial score (nSPS) is 20.7. The lowest BCUT2D eigenvalue weighted by molar-refractivity contribution is 0.0326. The van der Waals surface area contributed by atoms with Crippen molar-refractivity contribution >= 4 is 8.32 Å². The number of hydrogen-bond acceptors (Lipinski definition) is 1. The van der Waals surface area contributed by atoms with Gasteiger partial charge in [0.25, 0.3) is 0 Å². The van der Waals surface area contributed by atoms with Crippen molar-refractivity contribution in [3.8, 4) is 12.3 Å². The molecule has 0 spiro atoms. The Hall–Kier alpha value is -0.263. The van der Waals surface area contributed by atoms with Gasteiger partial charge in [0.05, 0.1) is 5.60 Å². The fourth-order valence-corrected chi connectivity index (χ4v) is 3.98. The molecular weight excluding hydrogens is 200 g/mol. The van der Waals surface area contributed by atoms with E-state index in [0.29, 0.717) is 0 Å². The topological polar surface area (TPSA) is 9.23 Å². The van der Waals surface area contributed by atoms with Gasteiger partial charge in [0.15, 0.2) is 8.32 Å². The van der Waals surface area contributed by atoms with Gasteiger partial charge < -0.3 is 4.43 Å². The van der Waals surface area contributed by atoms with Gasteiger partial charge in [-0.1, -0.05) is 13.3 Å². The summed E-state index contributed by atoms with van der Waals surface area (Å²) in [5.41, 5.74) is 0.0218. The number of hydrogen-bond donors (Lipinski definition) is 0. The fourth-order valence-electron chi connectivity index (χ4n) is 2.42. The van der Waals surface area contributed by atoms with E-state index >= 15 is 0 Å². The minimum absolute atomic E-state index is 0.0218.